The zero-order chi connectivity index (χ0) is 21.8. The second-order valence-electron chi connectivity index (χ2n) is 9.08. The molecular weight excluding hydrogens is 372 g/mol. The van der Waals surface area contributed by atoms with Crippen LogP contribution in [0.5, 0.6) is 0 Å². The summed E-state index contributed by atoms with van der Waals surface area (Å²) in [6.45, 7) is 9.03. The molecule has 0 aromatic carbocycles. The van der Waals surface area contributed by atoms with Crippen LogP contribution in [0.3, 0.4) is 0 Å². The molecule has 1 rings (SSSR count). The van der Waals surface area contributed by atoms with E-state index in [4.69, 9.17) is 9.47 Å². The molecule has 0 aliphatic carbocycles. The molecule has 29 heavy (non-hydrogen) atoms. The highest BCUT2D eigenvalue weighted by Gasteiger charge is 2.43. The molecule has 1 heterocycles. The number of rotatable bonds is 14. The molecular formula is C23H44O6. The molecule has 0 radical (unpaired) electrons. The molecule has 0 aromatic heterocycles. The SMILES string of the molecule is CC(=CCCCOC1OC(CO)C(O)C(O)C1O)CCCC(C)CCCC(C)C. The topological polar surface area (TPSA) is 99.4 Å². The Bertz CT molecular complexity index is 451. The number of aliphatic hydroxyl groups is 4. The van der Waals surface area contributed by atoms with Gasteiger partial charge in [0, 0.05) is 0 Å². The van der Waals surface area contributed by atoms with Gasteiger partial charge in [-0.1, -0.05) is 58.1 Å². The number of hydrogen-bond acceptors (Lipinski definition) is 6. The van der Waals surface area contributed by atoms with Crippen LogP contribution in [0.15, 0.2) is 11.6 Å². The summed E-state index contributed by atoms with van der Waals surface area (Å²) in [6, 6.07) is 0. The Kier molecular flexibility index (Phi) is 13.3. The molecule has 0 aromatic rings. The average Bonchev–Trinajstić information content (AvgIpc) is 2.67. The van der Waals surface area contributed by atoms with Gasteiger partial charge in [0.2, 0.25) is 0 Å². The molecule has 0 spiro atoms. The first-order valence-electron chi connectivity index (χ1n) is 11.3. The Labute approximate surface area is 176 Å². The molecule has 4 N–H and O–H groups in total. The van der Waals surface area contributed by atoms with Gasteiger partial charge in [-0.05, 0) is 44.4 Å². The molecule has 1 aliphatic heterocycles. The van der Waals surface area contributed by atoms with Crippen LogP contribution < -0.4 is 0 Å². The van der Waals surface area contributed by atoms with Crippen molar-refractivity contribution in [2.24, 2.45) is 11.8 Å². The molecule has 6 unspecified atom stereocenters. The lowest BCUT2D eigenvalue weighted by Gasteiger charge is -2.39. The minimum absolute atomic E-state index is 0.374. The highest BCUT2D eigenvalue weighted by Crippen LogP contribution is 2.22. The first kappa shape index (κ1) is 26.5. The van der Waals surface area contributed by atoms with E-state index in [0.717, 1.165) is 31.1 Å². The zero-order valence-electron chi connectivity index (χ0n) is 18.8. The molecule has 1 fully saturated rings. The van der Waals surface area contributed by atoms with Crippen molar-refractivity contribution in [1.82, 2.24) is 0 Å². The van der Waals surface area contributed by atoms with Gasteiger partial charge in [0.25, 0.3) is 0 Å². The first-order chi connectivity index (χ1) is 13.8. The number of ether oxygens (including phenoxy) is 2. The summed E-state index contributed by atoms with van der Waals surface area (Å²) in [5.74, 6) is 1.60. The maximum Gasteiger partial charge on any atom is 0.186 e. The van der Waals surface area contributed by atoms with Crippen LogP contribution in [0, 0.1) is 11.8 Å². The van der Waals surface area contributed by atoms with Crippen molar-refractivity contribution >= 4 is 0 Å². The Morgan fingerprint density at radius 1 is 0.966 bits per heavy atom. The quantitative estimate of drug-likeness (QED) is 0.256. The number of allylic oxidation sites excluding steroid dienone is 2. The van der Waals surface area contributed by atoms with Crippen molar-refractivity contribution in [2.45, 2.75) is 110 Å². The third-order valence-corrected chi connectivity index (χ3v) is 5.72. The summed E-state index contributed by atoms with van der Waals surface area (Å²) in [6.07, 6.45) is 5.50. The van der Waals surface area contributed by atoms with Crippen molar-refractivity contribution in [2.75, 3.05) is 13.2 Å². The predicted octanol–water partition coefficient (Wildman–Crippen LogP) is 3.16. The monoisotopic (exact) mass is 416 g/mol. The molecule has 1 saturated heterocycles. The van der Waals surface area contributed by atoms with Crippen molar-refractivity contribution < 1.29 is 29.9 Å². The van der Waals surface area contributed by atoms with Crippen LogP contribution in [-0.4, -0.2) is 64.3 Å². The van der Waals surface area contributed by atoms with Gasteiger partial charge in [0.1, 0.15) is 24.4 Å². The van der Waals surface area contributed by atoms with Crippen LogP contribution in [0.4, 0.5) is 0 Å². The Balaban J connectivity index is 2.15. The summed E-state index contributed by atoms with van der Waals surface area (Å²) in [7, 11) is 0. The van der Waals surface area contributed by atoms with E-state index in [1.54, 1.807) is 0 Å². The van der Waals surface area contributed by atoms with E-state index >= 15 is 0 Å². The van der Waals surface area contributed by atoms with Crippen LogP contribution in [0.25, 0.3) is 0 Å². The van der Waals surface area contributed by atoms with Crippen LogP contribution in [-0.2, 0) is 9.47 Å². The van der Waals surface area contributed by atoms with Gasteiger partial charge in [0.15, 0.2) is 6.29 Å². The lowest BCUT2D eigenvalue weighted by molar-refractivity contribution is -0.301. The van der Waals surface area contributed by atoms with E-state index in [1.165, 1.54) is 37.7 Å². The Hall–Kier alpha value is -0.500. The van der Waals surface area contributed by atoms with E-state index in [1.807, 2.05) is 0 Å². The summed E-state index contributed by atoms with van der Waals surface area (Å²) >= 11 is 0. The van der Waals surface area contributed by atoms with Crippen molar-refractivity contribution in [3.05, 3.63) is 11.6 Å². The van der Waals surface area contributed by atoms with E-state index in [9.17, 15) is 20.4 Å². The highest BCUT2D eigenvalue weighted by atomic mass is 16.7. The molecule has 6 atom stereocenters. The fourth-order valence-corrected chi connectivity index (χ4v) is 3.69. The third-order valence-electron chi connectivity index (χ3n) is 5.72. The summed E-state index contributed by atoms with van der Waals surface area (Å²) in [5.41, 5.74) is 1.40. The van der Waals surface area contributed by atoms with Crippen molar-refractivity contribution in [1.29, 1.82) is 0 Å². The number of hydrogen-bond donors (Lipinski definition) is 4. The summed E-state index contributed by atoms with van der Waals surface area (Å²) in [4.78, 5) is 0. The highest BCUT2D eigenvalue weighted by molar-refractivity contribution is 4.97. The molecule has 0 bridgehead atoms. The van der Waals surface area contributed by atoms with E-state index < -0.39 is 37.3 Å². The van der Waals surface area contributed by atoms with Gasteiger partial charge in [-0.3, -0.25) is 0 Å². The molecule has 1 aliphatic rings. The Morgan fingerprint density at radius 2 is 1.66 bits per heavy atom. The normalized spacial score (nSPS) is 29.4. The maximum absolute atomic E-state index is 9.94. The van der Waals surface area contributed by atoms with Gasteiger partial charge < -0.3 is 29.9 Å². The van der Waals surface area contributed by atoms with Crippen molar-refractivity contribution in [3.8, 4) is 0 Å². The molecule has 6 heteroatoms. The van der Waals surface area contributed by atoms with Gasteiger partial charge in [-0.2, -0.15) is 0 Å². The standard InChI is InChI=1S/C23H44O6/c1-16(2)9-7-11-18(4)13-8-12-17(3)10-5-6-14-28-23-22(27)21(26)20(25)19(15-24)29-23/h10,16,18-27H,5-9,11-15H2,1-4H3. The van der Waals surface area contributed by atoms with E-state index in [-0.39, 0.29) is 0 Å². The lowest BCUT2D eigenvalue weighted by atomic mass is 9.94. The molecule has 0 amide bonds. The van der Waals surface area contributed by atoms with Crippen LogP contribution in [0.1, 0.15) is 79.1 Å². The molecule has 6 nitrogen and oxygen atoms in total. The predicted molar refractivity (Wildman–Crippen MR) is 114 cm³/mol. The first-order valence-corrected chi connectivity index (χ1v) is 11.3. The smallest absolute Gasteiger partial charge is 0.186 e. The zero-order valence-corrected chi connectivity index (χ0v) is 18.8. The largest absolute Gasteiger partial charge is 0.394 e. The van der Waals surface area contributed by atoms with Gasteiger partial charge in [-0.25, -0.2) is 0 Å². The summed E-state index contributed by atoms with van der Waals surface area (Å²) in [5, 5.41) is 38.6. The second-order valence-corrected chi connectivity index (χ2v) is 9.08. The minimum Gasteiger partial charge on any atom is -0.394 e. The average molecular weight is 417 g/mol. The maximum atomic E-state index is 9.94. The second kappa shape index (κ2) is 14.5. The minimum atomic E-state index is -1.39. The fraction of sp³-hybridized carbons (Fsp3) is 0.913. The van der Waals surface area contributed by atoms with Crippen LogP contribution in [0.2, 0.25) is 0 Å². The van der Waals surface area contributed by atoms with E-state index in [2.05, 4.69) is 33.8 Å². The third kappa shape index (κ3) is 10.4. The van der Waals surface area contributed by atoms with Gasteiger partial charge >= 0.3 is 0 Å². The van der Waals surface area contributed by atoms with Crippen molar-refractivity contribution in [3.63, 3.8) is 0 Å². The van der Waals surface area contributed by atoms with Crippen LogP contribution >= 0.6 is 0 Å². The van der Waals surface area contributed by atoms with Gasteiger partial charge in [-0.15, -0.1) is 0 Å². The summed E-state index contributed by atoms with van der Waals surface area (Å²) < 4.78 is 10.8. The fourth-order valence-electron chi connectivity index (χ4n) is 3.69. The number of aliphatic hydroxyl groups excluding tert-OH is 4. The Morgan fingerprint density at radius 3 is 2.31 bits per heavy atom. The van der Waals surface area contributed by atoms with E-state index in [0.29, 0.717) is 6.61 Å². The van der Waals surface area contributed by atoms with Gasteiger partial charge in [0.05, 0.1) is 13.2 Å². The number of unbranched alkanes of at least 4 members (excludes halogenated alkanes) is 1. The lowest BCUT2D eigenvalue weighted by Crippen LogP contribution is -2.59. The molecule has 0 saturated carbocycles. The molecule has 172 valence electrons.